The zero-order chi connectivity index (χ0) is 16.6. The fourth-order valence-electron chi connectivity index (χ4n) is 3.26. The van der Waals surface area contributed by atoms with Crippen molar-refractivity contribution in [2.24, 2.45) is 17.8 Å². The molecule has 2 atom stereocenters. The summed E-state index contributed by atoms with van der Waals surface area (Å²) in [4.78, 5) is 0. The molecule has 2 unspecified atom stereocenters. The molecule has 1 aliphatic heterocycles. The Hall–Kier alpha value is -0.0800. The van der Waals surface area contributed by atoms with Gasteiger partial charge in [-0.3, -0.25) is 0 Å². The van der Waals surface area contributed by atoms with Crippen LogP contribution < -0.4 is 0 Å². The highest BCUT2D eigenvalue weighted by atomic mass is 16.7. The molecule has 0 radical (unpaired) electrons. The smallest absolute Gasteiger partial charge is 0.146 e. The summed E-state index contributed by atoms with van der Waals surface area (Å²) in [6.45, 7) is 12.4. The van der Waals surface area contributed by atoms with Gasteiger partial charge in [0, 0.05) is 0 Å². The second-order valence-corrected chi connectivity index (χ2v) is 6.36. The molecule has 0 aromatic carbocycles. The van der Waals surface area contributed by atoms with Crippen molar-refractivity contribution in [1.82, 2.24) is 0 Å². The van der Waals surface area contributed by atoms with E-state index in [2.05, 4.69) is 6.92 Å². The van der Waals surface area contributed by atoms with Gasteiger partial charge in [-0.25, -0.2) is 0 Å². The van der Waals surface area contributed by atoms with E-state index in [0.29, 0.717) is 6.79 Å². The van der Waals surface area contributed by atoms with Crippen LogP contribution in [-0.2, 0) is 9.47 Å². The van der Waals surface area contributed by atoms with Crippen molar-refractivity contribution in [2.45, 2.75) is 92.4 Å². The van der Waals surface area contributed by atoms with Crippen molar-refractivity contribution in [2.75, 3.05) is 20.0 Å². The number of ether oxygens (including phenoxy) is 2. The minimum absolute atomic E-state index is 0.500. The van der Waals surface area contributed by atoms with Gasteiger partial charge < -0.3 is 9.47 Å². The van der Waals surface area contributed by atoms with Gasteiger partial charge in [0.05, 0.1) is 13.2 Å². The monoisotopic (exact) mass is 314 g/mol. The van der Waals surface area contributed by atoms with E-state index in [4.69, 9.17) is 9.47 Å². The average molecular weight is 315 g/mol. The third-order valence-electron chi connectivity index (χ3n) is 4.65. The molecule has 134 valence electrons. The maximum absolute atomic E-state index is 4.72. The van der Waals surface area contributed by atoms with Crippen LogP contribution in [0.15, 0.2) is 0 Å². The lowest BCUT2D eigenvalue weighted by Gasteiger charge is -2.15. The zero-order valence-electron chi connectivity index (χ0n) is 16.0. The Morgan fingerprint density at radius 2 is 1.14 bits per heavy atom. The summed E-state index contributed by atoms with van der Waals surface area (Å²) in [5.41, 5.74) is 0. The summed E-state index contributed by atoms with van der Waals surface area (Å²) in [5, 5.41) is 0. The van der Waals surface area contributed by atoms with E-state index < -0.39 is 0 Å². The summed E-state index contributed by atoms with van der Waals surface area (Å²) < 4.78 is 9.44. The van der Waals surface area contributed by atoms with Gasteiger partial charge in [0.15, 0.2) is 0 Å². The van der Waals surface area contributed by atoms with Crippen molar-refractivity contribution < 1.29 is 9.47 Å². The van der Waals surface area contributed by atoms with Gasteiger partial charge in [0.1, 0.15) is 6.79 Å². The van der Waals surface area contributed by atoms with Crippen molar-refractivity contribution in [3.8, 4) is 0 Å². The maximum Gasteiger partial charge on any atom is 0.146 e. The van der Waals surface area contributed by atoms with Crippen LogP contribution in [0.2, 0.25) is 0 Å². The van der Waals surface area contributed by atoms with E-state index in [1.54, 1.807) is 19.3 Å². The van der Waals surface area contributed by atoms with Crippen LogP contribution in [0.4, 0.5) is 0 Å². The highest BCUT2D eigenvalue weighted by Gasteiger charge is 2.40. The molecule has 0 N–H and O–H groups in total. The van der Waals surface area contributed by atoms with Crippen molar-refractivity contribution in [3.63, 3.8) is 0 Å². The standard InChI is InChI=1S/C7H14.C6H10.C3H6O2.2C2H6/c1-7-5-3-2-4-6-7;1-2-5-4-6(5)3-1;1-2-5-3-4-1;2*1-2/h7H,2-6H2,1H3;5-6H,1-4H2;1-3H2;2*1-2H3. The van der Waals surface area contributed by atoms with Crippen molar-refractivity contribution in [1.29, 1.82) is 0 Å². The van der Waals surface area contributed by atoms with E-state index in [-0.39, 0.29) is 0 Å². The Balaban J connectivity index is 0.000000273. The van der Waals surface area contributed by atoms with E-state index in [1.807, 2.05) is 27.7 Å². The molecular weight excluding hydrogens is 272 g/mol. The molecule has 4 fully saturated rings. The van der Waals surface area contributed by atoms with Crippen molar-refractivity contribution in [3.05, 3.63) is 0 Å². The normalized spacial score (nSPS) is 28.2. The maximum atomic E-state index is 4.72. The molecule has 2 nitrogen and oxygen atoms in total. The van der Waals surface area contributed by atoms with Crippen LogP contribution in [0.3, 0.4) is 0 Å². The SMILES string of the molecule is C1CC2CC2C1.C1COCO1.CC.CC.CC1CCCCC1. The average Bonchev–Trinajstić information content (AvgIpc) is 3.03. The molecule has 3 saturated carbocycles. The van der Waals surface area contributed by atoms with E-state index in [1.165, 1.54) is 50.4 Å². The van der Waals surface area contributed by atoms with Crippen LogP contribution in [0.25, 0.3) is 0 Å². The molecule has 0 amide bonds. The van der Waals surface area contributed by atoms with Crippen molar-refractivity contribution >= 4 is 0 Å². The number of rotatable bonds is 0. The first kappa shape index (κ1) is 21.9. The summed E-state index contributed by atoms with van der Waals surface area (Å²) in [7, 11) is 0. The third-order valence-corrected chi connectivity index (χ3v) is 4.65. The Bertz CT molecular complexity index is 192. The Labute approximate surface area is 140 Å². The van der Waals surface area contributed by atoms with E-state index >= 15 is 0 Å². The fraction of sp³-hybridized carbons (Fsp3) is 1.00. The summed E-state index contributed by atoms with van der Waals surface area (Å²) in [5.74, 6) is 3.46. The molecular formula is C20H42O2. The second-order valence-electron chi connectivity index (χ2n) is 6.36. The van der Waals surface area contributed by atoms with Gasteiger partial charge in [-0.15, -0.1) is 0 Å². The van der Waals surface area contributed by atoms with Crippen LogP contribution in [0.1, 0.15) is 92.4 Å². The number of hydrogen-bond acceptors (Lipinski definition) is 2. The van der Waals surface area contributed by atoms with Gasteiger partial charge in [0.2, 0.25) is 0 Å². The molecule has 2 heteroatoms. The Morgan fingerprint density at radius 1 is 0.636 bits per heavy atom. The van der Waals surface area contributed by atoms with Crippen LogP contribution in [0.5, 0.6) is 0 Å². The molecule has 1 saturated heterocycles. The number of fused-ring (bicyclic) bond motifs is 1. The largest absolute Gasteiger partial charge is 0.353 e. The van der Waals surface area contributed by atoms with Gasteiger partial charge in [-0.1, -0.05) is 86.0 Å². The summed E-state index contributed by atoms with van der Waals surface area (Å²) in [6, 6.07) is 0. The first-order chi connectivity index (χ1) is 10.9. The molecule has 0 bridgehead atoms. The molecule has 4 aliphatic rings. The predicted octanol–water partition coefficient (Wildman–Crippen LogP) is 6.44. The lowest BCUT2D eigenvalue weighted by atomic mass is 9.91. The Morgan fingerprint density at radius 3 is 1.32 bits per heavy atom. The summed E-state index contributed by atoms with van der Waals surface area (Å²) in [6.07, 6.45) is 13.7. The zero-order valence-corrected chi connectivity index (χ0v) is 16.0. The van der Waals surface area contributed by atoms with Gasteiger partial charge >= 0.3 is 0 Å². The molecule has 0 aromatic rings. The first-order valence-electron chi connectivity index (χ1n) is 10.0. The minimum Gasteiger partial charge on any atom is -0.353 e. The Kier molecular flexibility index (Phi) is 15.7. The summed E-state index contributed by atoms with van der Waals surface area (Å²) >= 11 is 0. The molecule has 3 aliphatic carbocycles. The molecule has 22 heavy (non-hydrogen) atoms. The lowest BCUT2D eigenvalue weighted by Crippen LogP contribution is -1.99. The van der Waals surface area contributed by atoms with Gasteiger partial charge in [-0.2, -0.15) is 0 Å². The molecule has 0 aromatic heterocycles. The minimum atomic E-state index is 0.500. The van der Waals surface area contributed by atoms with Crippen LogP contribution in [-0.4, -0.2) is 20.0 Å². The molecule has 0 spiro atoms. The highest BCUT2D eigenvalue weighted by molar-refractivity contribution is 4.91. The predicted molar refractivity (Wildman–Crippen MR) is 97.2 cm³/mol. The molecule has 4 rings (SSSR count). The van der Waals surface area contributed by atoms with E-state index in [0.717, 1.165) is 19.1 Å². The van der Waals surface area contributed by atoms with E-state index in [9.17, 15) is 0 Å². The highest BCUT2D eigenvalue weighted by Crippen LogP contribution is 2.51. The van der Waals surface area contributed by atoms with Crippen LogP contribution >= 0.6 is 0 Å². The topological polar surface area (TPSA) is 18.5 Å². The van der Waals surface area contributed by atoms with Crippen LogP contribution in [0, 0.1) is 17.8 Å². The lowest BCUT2D eigenvalue weighted by molar-refractivity contribution is 0.0692. The first-order valence-corrected chi connectivity index (χ1v) is 10.0. The molecule has 1 heterocycles. The third kappa shape index (κ3) is 11.5. The number of hydrogen-bond donors (Lipinski definition) is 0. The quantitative estimate of drug-likeness (QED) is 0.512. The fourth-order valence-corrected chi connectivity index (χ4v) is 3.26. The van der Waals surface area contributed by atoms with Gasteiger partial charge in [0.25, 0.3) is 0 Å². The van der Waals surface area contributed by atoms with Gasteiger partial charge in [-0.05, 0) is 24.2 Å². The second kappa shape index (κ2) is 15.8.